The summed E-state index contributed by atoms with van der Waals surface area (Å²) in [6, 6.07) is 15.5. The van der Waals surface area contributed by atoms with Crippen molar-refractivity contribution < 1.29 is 47.7 Å². The van der Waals surface area contributed by atoms with Crippen molar-refractivity contribution >= 4 is 77.0 Å². The predicted octanol–water partition coefficient (Wildman–Crippen LogP) is 4.56. The fourth-order valence-electron chi connectivity index (χ4n) is 8.48. The van der Waals surface area contributed by atoms with E-state index in [1.54, 1.807) is 11.9 Å². The number of esters is 1. The summed E-state index contributed by atoms with van der Waals surface area (Å²) >= 11 is 18.1. The van der Waals surface area contributed by atoms with E-state index in [9.17, 15) is 24.0 Å². The third-order valence-corrected chi connectivity index (χ3v) is 13.3. The van der Waals surface area contributed by atoms with Crippen molar-refractivity contribution in [3.63, 3.8) is 0 Å². The average Bonchev–Trinajstić information content (AvgIpc) is 3.64. The number of likely N-dealkylation sites (N-methyl/N-ethyl adjacent to an activating group) is 2. The Bertz CT molecular complexity index is 2580. The monoisotopic (exact) mass is 1010 g/mol. The number of anilines is 2. The third-order valence-electron chi connectivity index (χ3n) is 12.4. The van der Waals surface area contributed by atoms with Gasteiger partial charge in [-0.25, -0.2) is 4.79 Å². The number of benzene rings is 4. The topological polar surface area (TPSA) is 184 Å². The molecule has 21 heteroatoms. The van der Waals surface area contributed by atoms with Gasteiger partial charge in [-0.2, -0.15) is 0 Å². The molecule has 3 heterocycles. The quantitative estimate of drug-likeness (QED) is 0.0854. The highest BCUT2D eigenvalue weighted by Gasteiger charge is 2.56. The summed E-state index contributed by atoms with van der Waals surface area (Å²) in [6.07, 6.45) is -1.71. The third kappa shape index (κ3) is 10.4. The second-order valence-corrected chi connectivity index (χ2v) is 18.3. The maximum Gasteiger partial charge on any atom is 0.341 e. The van der Waals surface area contributed by atoms with Crippen LogP contribution in [0.5, 0.6) is 28.7 Å². The highest BCUT2D eigenvalue weighted by molar-refractivity contribution is 7.78. The Morgan fingerprint density at radius 3 is 2.00 bits per heavy atom. The molecular formula is C48H56Cl2N8O10S. The van der Waals surface area contributed by atoms with Crippen LogP contribution in [0, 0.1) is 0 Å². The number of carbonyl (C=O) groups is 5. The zero-order valence-corrected chi connectivity index (χ0v) is 42.1. The maximum atomic E-state index is 14.1. The smallest absolute Gasteiger partial charge is 0.341 e. The molecule has 1 fully saturated rings. The van der Waals surface area contributed by atoms with Crippen LogP contribution in [-0.2, 0) is 31.3 Å². The summed E-state index contributed by atoms with van der Waals surface area (Å²) in [4.78, 5) is 76.6. The minimum absolute atomic E-state index is 0.0568. The summed E-state index contributed by atoms with van der Waals surface area (Å²) in [7, 11) is 14.1. The summed E-state index contributed by atoms with van der Waals surface area (Å²) < 4.78 is 32.4. The van der Waals surface area contributed by atoms with Crippen LogP contribution in [0.15, 0.2) is 54.6 Å². The normalized spacial score (nSPS) is 15.1. The van der Waals surface area contributed by atoms with Crippen LogP contribution in [0.4, 0.5) is 11.4 Å². The molecule has 4 aromatic carbocycles. The van der Waals surface area contributed by atoms with E-state index in [-0.39, 0.29) is 75.9 Å². The number of nitrogens with zero attached hydrogens (tertiary/aromatic N) is 5. The van der Waals surface area contributed by atoms with Crippen molar-refractivity contribution in [2.45, 2.75) is 24.7 Å². The van der Waals surface area contributed by atoms with Crippen LogP contribution in [-0.4, -0.2) is 153 Å². The molecule has 4 amide bonds. The van der Waals surface area contributed by atoms with Gasteiger partial charge < -0.3 is 53.9 Å². The van der Waals surface area contributed by atoms with Crippen molar-refractivity contribution in [2.24, 2.45) is 0 Å². The number of fused-ring (bicyclic) bond motifs is 6. The molecule has 1 atom stereocenters. The molecule has 4 aromatic rings. The molecule has 1 saturated heterocycles. The van der Waals surface area contributed by atoms with Crippen molar-refractivity contribution in [1.82, 2.24) is 30.1 Å². The molecule has 1 unspecified atom stereocenters. The lowest BCUT2D eigenvalue weighted by Gasteiger charge is -2.37. The van der Waals surface area contributed by atoms with Crippen molar-refractivity contribution in [2.75, 3.05) is 112 Å². The lowest BCUT2D eigenvalue weighted by Crippen LogP contribution is -2.49. The van der Waals surface area contributed by atoms with Crippen molar-refractivity contribution in [3.8, 4) is 28.7 Å². The summed E-state index contributed by atoms with van der Waals surface area (Å²) in [5, 5.41) is 5.46. The Kier molecular flexibility index (Phi) is 15.6. The number of ether oxygens (including phenoxy) is 5. The SMILES string of the molecule is COc1cc(OC(CC(=O)NCCN(C)C(=O)CN2CCN(C)CC2)C(=O)NS)cc(OC)c1CNC(=O)c1cc(Cl)c2c(c1Cl)C(=O)OC21c2ccc(N(C)C)cc2Oc2cc(N(C)C)ccc21. The highest BCUT2D eigenvalue weighted by Crippen LogP contribution is 2.59. The zero-order valence-electron chi connectivity index (χ0n) is 39.7. The van der Waals surface area contributed by atoms with E-state index in [2.05, 4.69) is 38.0 Å². The Morgan fingerprint density at radius 2 is 1.45 bits per heavy atom. The van der Waals surface area contributed by atoms with Crippen LogP contribution >= 0.6 is 36.0 Å². The number of amides is 4. The molecule has 3 N–H and O–H groups in total. The molecule has 7 rings (SSSR count). The van der Waals surface area contributed by atoms with E-state index in [1.807, 2.05) is 81.4 Å². The van der Waals surface area contributed by atoms with Crippen molar-refractivity contribution in [3.05, 3.63) is 98.0 Å². The summed E-state index contributed by atoms with van der Waals surface area (Å²) in [5.41, 5.74) is 1.68. The first-order valence-electron chi connectivity index (χ1n) is 22.0. The lowest BCUT2D eigenvalue weighted by atomic mass is 9.77. The second-order valence-electron chi connectivity index (χ2n) is 17.3. The number of nitrogens with one attached hydrogen (secondary N) is 3. The number of halogens is 2. The van der Waals surface area contributed by atoms with Gasteiger partial charge in [0.05, 0.1) is 60.5 Å². The number of rotatable bonds is 17. The van der Waals surface area contributed by atoms with Gasteiger partial charge in [0.2, 0.25) is 11.8 Å². The van der Waals surface area contributed by atoms with Gasteiger partial charge in [0.1, 0.15) is 28.7 Å². The average molecular weight is 1010 g/mol. The van der Waals surface area contributed by atoms with E-state index in [0.29, 0.717) is 34.7 Å². The van der Waals surface area contributed by atoms with Crippen LogP contribution in [0.25, 0.3) is 0 Å². The summed E-state index contributed by atoms with van der Waals surface area (Å²) in [6.45, 7) is 3.96. The molecule has 368 valence electrons. The lowest BCUT2D eigenvalue weighted by molar-refractivity contribution is -0.132. The first-order chi connectivity index (χ1) is 32.9. The molecule has 0 aliphatic carbocycles. The minimum Gasteiger partial charge on any atom is -0.496 e. The number of hydrogen-bond donors (Lipinski definition) is 4. The number of piperazine rings is 1. The fraction of sp³-hybridized carbons (Fsp3) is 0.396. The molecule has 18 nitrogen and oxygen atoms in total. The van der Waals surface area contributed by atoms with Gasteiger partial charge in [-0.15, -0.1) is 0 Å². The Morgan fingerprint density at radius 1 is 0.855 bits per heavy atom. The van der Waals surface area contributed by atoms with Gasteiger partial charge in [-0.1, -0.05) is 36.0 Å². The number of hydrogen-bond acceptors (Lipinski definition) is 15. The van der Waals surface area contributed by atoms with Gasteiger partial charge in [0, 0.05) is 127 Å². The Labute approximate surface area is 416 Å². The standard InChI is InChI=1S/C48H56Cl2N8O10S/c1-54(2)27-9-11-32-37(19-27)67-38-20-28(55(3)4)10-12-33(38)48(32)43-34(49)23-30(44(50)42(43)47(63)68-48)45(61)52-25-31-35(64-7)21-29(22-36(31)65-8)66-39(46(62)53-69)24-40(59)51-13-14-57(6)41(60)26-58-17-15-56(5)16-18-58/h9-12,19-23,39,69H,13-18,24-26H2,1-8H3,(H,51,59)(H,52,61)(H,53,62). The molecule has 69 heavy (non-hydrogen) atoms. The molecular weight excluding hydrogens is 952 g/mol. The number of carbonyl (C=O) groups excluding carboxylic acids is 5. The molecule has 0 aromatic heterocycles. The largest absolute Gasteiger partial charge is 0.496 e. The van der Waals surface area contributed by atoms with E-state index in [0.717, 1.165) is 37.6 Å². The van der Waals surface area contributed by atoms with Crippen LogP contribution < -0.4 is 44.1 Å². The van der Waals surface area contributed by atoms with Gasteiger partial charge in [0.15, 0.2) is 11.7 Å². The second kappa shape index (κ2) is 21.3. The first kappa shape index (κ1) is 50.7. The van der Waals surface area contributed by atoms with E-state index >= 15 is 0 Å². The van der Waals surface area contributed by atoms with E-state index in [1.165, 1.54) is 32.4 Å². The minimum atomic E-state index is -1.56. The molecule has 0 bridgehead atoms. The Balaban J connectivity index is 1.07. The molecule has 1 spiro atoms. The Hall–Kier alpha value is -6.12. The van der Waals surface area contributed by atoms with Crippen molar-refractivity contribution in [1.29, 1.82) is 0 Å². The predicted molar refractivity (Wildman–Crippen MR) is 265 cm³/mol. The van der Waals surface area contributed by atoms with Crippen LogP contribution in [0.2, 0.25) is 10.0 Å². The number of thiol groups is 1. The summed E-state index contributed by atoms with van der Waals surface area (Å²) in [5.74, 6) is -1.28. The molecule has 0 radical (unpaired) electrons. The van der Waals surface area contributed by atoms with Gasteiger partial charge in [-0.3, -0.25) is 28.8 Å². The highest BCUT2D eigenvalue weighted by atomic mass is 35.5. The fourth-order valence-corrected chi connectivity index (χ4v) is 9.27. The molecule has 3 aliphatic heterocycles. The number of methoxy groups -OCH3 is 2. The van der Waals surface area contributed by atoms with E-state index in [4.69, 9.17) is 46.9 Å². The zero-order chi connectivity index (χ0) is 49.9. The maximum absolute atomic E-state index is 14.1. The van der Waals surface area contributed by atoms with Crippen LogP contribution in [0.1, 0.15) is 49.4 Å². The van der Waals surface area contributed by atoms with Gasteiger partial charge >= 0.3 is 5.97 Å². The molecule has 3 aliphatic rings. The van der Waals surface area contributed by atoms with Gasteiger partial charge in [-0.05, 0) is 37.4 Å². The first-order valence-corrected chi connectivity index (χ1v) is 23.2. The van der Waals surface area contributed by atoms with E-state index < -0.39 is 35.4 Å². The van der Waals surface area contributed by atoms with Gasteiger partial charge in [0.25, 0.3) is 11.8 Å². The molecule has 0 saturated carbocycles. The van der Waals surface area contributed by atoms with Crippen LogP contribution in [0.3, 0.4) is 0 Å².